The van der Waals surface area contributed by atoms with Crippen molar-refractivity contribution in [1.82, 2.24) is 28.9 Å². The van der Waals surface area contributed by atoms with Crippen molar-refractivity contribution in [3.63, 3.8) is 0 Å². The minimum Gasteiger partial charge on any atom is -0.395 e. The fraction of sp³-hybridized carbons (Fsp3) is 0.333. The van der Waals surface area contributed by atoms with Crippen molar-refractivity contribution in [3.8, 4) is 0 Å². The molecule has 158 valence electrons. The molecular weight excluding hydrogens is 421 g/mol. The number of rotatable bonds is 7. The number of alkyl halides is 2. The minimum atomic E-state index is -2.48. The first kappa shape index (κ1) is 20.4. The van der Waals surface area contributed by atoms with Gasteiger partial charge >= 0.3 is 0 Å². The Bertz CT molecular complexity index is 1030. The van der Waals surface area contributed by atoms with Crippen molar-refractivity contribution in [1.29, 1.82) is 0 Å². The Labute approximate surface area is 173 Å². The largest absolute Gasteiger partial charge is 0.395 e. The Balaban J connectivity index is 1.42. The van der Waals surface area contributed by atoms with E-state index in [0.29, 0.717) is 10.7 Å². The summed E-state index contributed by atoms with van der Waals surface area (Å²) in [4.78, 5) is 18.2. The highest BCUT2D eigenvalue weighted by molar-refractivity contribution is 7.97. The highest BCUT2D eigenvalue weighted by Crippen LogP contribution is 2.29. The van der Waals surface area contributed by atoms with Crippen LogP contribution in [0.4, 0.5) is 13.2 Å². The highest BCUT2D eigenvalue weighted by Gasteiger charge is 2.33. The van der Waals surface area contributed by atoms with Crippen LogP contribution in [-0.2, 0) is 24.4 Å². The molecule has 0 saturated heterocycles. The normalized spacial score (nSPS) is 14.4. The van der Waals surface area contributed by atoms with Gasteiger partial charge in [-0.2, -0.15) is 10.2 Å². The number of aromatic nitrogens is 5. The molecule has 1 atom stereocenters. The van der Waals surface area contributed by atoms with Crippen LogP contribution in [-0.4, -0.2) is 52.9 Å². The van der Waals surface area contributed by atoms with E-state index in [4.69, 9.17) is 0 Å². The lowest BCUT2D eigenvalue weighted by Gasteiger charge is -2.21. The number of carbonyl (C=O) groups excluding carboxylic acids is 1. The quantitative estimate of drug-likeness (QED) is 0.608. The lowest BCUT2D eigenvalue weighted by molar-refractivity contribution is -0.134. The van der Waals surface area contributed by atoms with Crippen LogP contribution >= 0.6 is 11.9 Å². The number of aliphatic hydroxyl groups excluding tert-OH is 1. The Morgan fingerprint density at radius 2 is 2.10 bits per heavy atom. The number of halogens is 3. The summed E-state index contributed by atoms with van der Waals surface area (Å²) >= 11 is 1.16. The van der Waals surface area contributed by atoms with Crippen molar-refractivity contribution in [3.05, 3.63) is 59.6 Å². The number of aliphatic hydroxyl groups is 1. The lowest BCUT2D eigenvalue weighted by Crippen LogP contribution is -2.33. The lowest BCUT2D eigenvalue weighted by atomic mass is 10.0. The van der Waals surface area contributed by atoms with Gasteiger partial charge in [0.05, 0.1) is 24.5 Å². The van der Waals surface area contributed by atoms with Gasteiger partial charge in [0.1, 0.15) is 23.3 Å². The Hall–Kier alpha value is -2.86. The summed E-state index contributed by atoms with van der Waals surface area (Å²) in [5.41, 5.74) is 1.39. The van der Waals surface area contributed by atoms with Crippen molar-refractivity contribution >= 4 is 17.9 Å². The molecule has 1 amide bonds. The van der Waals surface area contributed by atoms with Gasteiger partial charge in [-0.25, -0.2) is 17.3 Å². The van der Waals surface area contributed by atoms with Gasteiger partial charge in [0.2, 0.25) is 5.91 Å². The van der Waals surface area contributed by atoms with E-state index in [9.17, 15) is 23.1 Å². The Morgan fingerprint density at radius 3 is 2.80 bits per heavy atom. The summed E-state index contributed by atoms with van der Waals surface area (Å²) in [7, 11) is 0. The van der Waals surface area contributed by atoms with Gasteiger partial charge in [-0.1, -0.05) is 0 Å². The van der Waals surface area contributed by atoms with Crippen LogP contribution in [0.5, 0.6) is 0 Å². The van der Waals surface area contributed by atoms with E-state index in [1.54, 1.807) is 16.4 Å². The molecule has 0 aromatic carbocycles. The molecule has 0 saturated carbocycles. The van der Waals surface area contributed by atoms with Crippen molar-refractivity contribution in [2.24, 2.45) is 0 Å². The van der Waals surface area contributed by atoms with Gasteiger partial charge in [-0.3, -0.25) is 14.5 Å². The first-order chi connectivity index (χ1) is 14.4. The van der Waals surface area contributed by atoms with Gasteiger partial charge in [-0.05, 0) is 18.2 Å². The molecule has 1 unspecified atom stereocenters. The number of hydrogen-bond acceptors (Lipinski definition) is 6. The smallest absolute Gasteiger partial charge is 0.257 e. The van der Waals surface area contributed by atoms with Crippen LogP contribution in [0.15, 0.2) is 41.8 Å². The second-order valence-corrected chi connectivity index (χ2v) is 7.64. The molecule has 0 radical (unpaired) electrons. The van der Waals surface area contributed by atoms with E-state index >= 15 is 0 Å². The third kappa shape index (κ3) is 4.19. The summed E-state index contributed by atoms with van der Waals surface area (Å²) in [6.07, 6.45) is 2.09. The molecule has 30 heavy (non-hydrogen) atoms. The summed E-state index contributed by atoms with van der Waals surface area (Å²) in [6, 6.07) is 4.23. The summed E-state index contributed by atoms with van der Waals surface area (Å²) in [6.45, 7) is -0.555. The zero-order valence-electron chi connectivity index (χ0n) is 15.5. The zero-order chi connectivity index (χ0) is 21.3. The molecule has 0 bridgehead atoms. The Morgan fingerprint density at radius 1 is 1.27 bits per heavy atom. The maximum Gasteiger partial charge on any atom is 0.257 e. The predicted molar refractivity (Wildman–Crippen MR) is 100.0 cm³/mol. The minimum absolute atomic E-state index is 0.0884. The predicted octanol–water partition coefficient (Wildman–Crippen LogP) is 2.05. The van der Waals surface area contributed by atoms with E-state index in [0.717, 1.165) is 22.2 Å². The molecule has 0 spiro atoms. The van der Waals surface area contributed by atoms with Gasteiger partial charge in [0.15, 0.2) is 0 Å². The fourth-order valence-corrected chi connectivity index (χ4v) is 3.99. The topological polar surface area (TPSA) is 89.1 Å². The molecule has 1 aliphatic rings. The molecule has 0 fully saturated rings. The first-order valence-electron chi connectivity index (χ1n) is 9.02. The van der Waals surface area contributed by atoms with Gasteiger partial charge in [0.25, 0.3) is 6.43 Å². The maximum absolute atomic E-state index is 14.0. The molecular formula is C18H17F3N6O2S. The number of amides is 1. The number of nitrogens with zero attached hydrogens (tertiary/aromatic N) is 6. The van der Waals surface area contributed by atoms with Crippen LogP contribution in [0.1, 0.15) is 22.9 Å². The standard InChI is InChI=1S/C18H17F3N6O2S/c19-13-2-1-4-22-17(13)12(10-28)18(29)25-6-11-7-27(23-14(11)8-25)30-16-3-5-26(24-16)9-15(20)21/h1-5,7,12,15,28H,6,8-10H2. The molecule has 12 heteroatoms. The van der Waals surface area contributed by atoms with E-state index in [2.05, 4.69) is 15.2 Å². The van der Waals surface area contributed by atoms with Gasteiger partial charge in [-0.15, -0.1) is 0 Å². The van der Waals surface area contributed by atoms with Crippen LogP contribution in [0, 0.1) is 5.82 Å². The molecule has 1 aliphatic heterocycles. The highest BCUT2D eigenvalue weighted by atomic mass is 32.2. The van der Waals surface area contributed by atoms with Crippen LogP contribution in [0.3, 0.4) is 0 Å². The van der Waals surface area contributed by atoms with Crippen LogP contribution < -0.4 is 0 Å². The molecule has 3 aromatic heterocycles. The van der Waals surface area contributed by atoms with E-state index in [1.807, 2.05) is 0 Å². The average Bonchev–Trinajstić information content (AvgIpc) is 3.38. The zero-order valence-corrected chi connectivity index (χ0v) is 16.3. The second kappa shape index (κ2) is 8.48. The van der Waals surface area contributed by atoms with E-state index in [-0.39, 0.29) is 18.8 Å². The second-order valence-electron chi connectivity index (χ2n) is 6.66. The molecule has 8 nitrogen and oxygen atoms in total. The van der Waals surface area contributed by atoms with Gasteiger partial charge < -0.3 is 10.0 Å². The fourth-order valence-electron chi connectivity index (χ4n) is 3.22. The van der Waals surface area contributed by atoms with E-state index < -0.39 is 37.2 Å². The van der Waals surface area contributed by atoms with E-state index in [1.165, 1.54) is 29.4 Å². The molecule has 1 N–H and O–H groups in total. The number of pyridine rings is 1. The summed E-state index contributed by atoms with van der Waals surface area (Å²) in [5, 5.41) is 18.6. The van der Waals surface area contributed by atoms with Crippen LogP contribution in [0.2, 0.25) is 0 Å². The average molecular weight is 438 g/mol. The molecule has 0 aliphatic carbocycles. The molecule has 4 rings (SSSR count). The third-order valence-electron chi connectivity index (χ3n) is 4.60. The Kier molecular flexibility index (Phi) is 5.77. The molecule has 4 heterocycles. The van der Waals surface area contributed by atoms with Crippen molar-refractivity contribution in [2.45, 2.75) is 37.0 Å². The molecule has 3 aromatic rings. The van der Waals surface area contributed by atoms with Gasteiger partial charge in [0, 0.05) is 42.6 Å². The van der Waals surface area contributed by atoms with Crippen molar-refractivity contribution < 1.29 is 23.1 Å². The van der Waals surface area contributed by atoms with Crippen LogP contribution in [0.25, 0.3) is 0 Å². The summed E-state index contributed by atoms with van der Waals surface area (Å²) < 4.78 is 41.6. The summed E-state index contributed by atoms with van der Waals surface area (Å²) in [5.74, 6) is -2.16. The number of carbonyl (C=O) groups is 1. The number of hydrogen-bond donors (Lipinski definition) is 1. The van der Waals surface area contributed by atoms with Crippen molar-refractivity contribution in [2.75, 3.05) is 6.61 Å². The maximum atomic E-state index is 14.0. The number of fused-ring (bicyclic) bond motifs is 1. The third-order valence-corrected chi connectivity index (χ3v) is 5.37. The first-order valence-corrected chi connectivity index (χ1v) is 9.79. The SMILES string of the molecule is O=C(C(CO)c1ncccc1F)N1Cc2cn(Sc3ccn(CC(F)F)n3)nc2C1. The monoisotopic (exact) mass is 438 g/mol.